The van der Waals surface area contributed by atoms with E-state index in [2.05, 4.69) is 4.98 Å². The second-order valence-electron chi connectivity index (χ2n) is 5.60. The molecule has 2 aromatic carbocycles. The number of hydrogen-bond acceptors (Lipinski definition) is 3. The Morgan fingerprint density at radius 1 is 1.11 bits per heavy atom. The number of carbonyl (C=O) groups is 1. The molecule has 138 valence electrons. The van der Waals surface area contributed by atoms with E-state index in [0.29, 0.717) is 15.8 Å². The van der Waals surface area contributed by atoms with Crippen molar-refractivity contribution in [3.63, 3.8) is 0 Å². The summed E-state index contributed by atoms with van der Waals surface area (Å²) in [5.41, 5.74) is 1.71. The molecule has 1 N–H and O–H groups in total. The lowest BCUT2D eigenvalue weighted by molar-refractivity contribution is -0.141. The molecule has 27 heavy (non-hydrogen) atoms. The van der Waals surface area contributed by atoms with Crippen molar-refractivity contribution in [2.24, 2.45) is 0 Å². The van der Waals surface area contributed by atoms with Crippen molar-refractivity contribution >= 4 is 46.2 Å². The molecule has 0 aliphatic carbocycles. The number of nitrogens with one attached hydrogen (secondary N) is 1. The van der Waals surface area contributed by atoms with Crippen LogP contribution in [0.5, 0.6) is 5.75 Å². The van der Waals surface area contributed by atoms with E-state index in [1.807, 2.05) is 30.3 Å². The summed E-state index contributed by atoms with van der Waals surface area (Å²) < 4.78 is 10.7. The third-order valence-electron chi connectivity index (χ3n) is 3.65. The van der Waals surface area contributed by atoms with Crippen molar-refractivity contribution in [3.05, 3.63) is 82.2 Å². The molecule has 0 saturated carbocycles. The number of rotatable bonds is 6. The maximum absolute atomic E-state index is 12.1. The van der Waals surface area contributed by atoms with Gasteiger partial charge < -0.3 is 14.5 Å². The minimum Gasteiger partial charge on any atom is -0.460 e. The van der Waals surface area contributed by atoms with Crippen molar-refractivity contribution in [3.8, 4) is 5.75 Å². The largest absolute Gasteiger partial charge is 0.460 e. The minimum absolute atomic E-state index is 0.0986. The Labute approximate surface area is 167 Å². The van der Waals surface area contributed by atoms with Crippen LogP contribution in [0.15, 0.2) is 66.4 Å². The zero-order valence-corrected chi connectivity index (χ0v) is 16.1. The zero-order valence-electron chi connectivity index (χ0n) is 14.5. The third-order valence-corrected chi connectivity index (χ3v) is 4.38. The van der Waals surface area contributed by atoms with E-state index in [0.717, 1.165) is 16.6 Å². The van der Waals surface area contributed by atoms with Gasteiger partial charge in [0.05, 0.1) is 16.7 Å². The van der Waals surface area contributed by atoms with Crippen LogP contribution in [-0.2, 0) is 9.53 Å². The van der Waals surface area contributed by atoms with Crippen molar-refractivity contribution in [2.75, 3.05) is 6.61 Å². The highest BCUT2D eigenvalue weighted by Gasteiger charge is 2.12. The van der Waals surface area contributed by atoms with Crippen LogP contribution in [0.3, 0.4) is 0 Å². The monoisotopic (exact) mass is 401 g/mol. The van der Waals surface area contributed by atoms with Crippen LogP contribution in [0.4, 0.5) is 0 Å². The van der Waals surface area contributed by atoms with E-state index in [4.69, 9.17) is 32.7 Å². The average Bonchev–Trinajstić information content (AvgIpc) is 3.03. The number of allylic oxidation sites excluding steroid dienone is 2. The van der Waals surface area contributed by atoms with Gasteiger partial charge in [0.25, 0.3) is 0 Å². The first-order chi connectivity index (χ1) is 13.1. The number of carbonyl (C=O) groups excluding carboxylic acids is 1. The summed E-state index contributed by atoms with van der Waals surface area (Å²) in [7, 11) is 0. The molecule has 0 spiro atoms. The predicted octanol–water partition coefficient (Wildman–Crippen LogP) is 6.01. The molecule has 6 heteroatoms. The summed E-state index contributed by atoms with van der Waals surface area (Å²) in [4.78, 5) is 15.3. The Hall–Kier alpha value is -2.69. The molecule has 3 rings (SSSR count). The molecule has 0 aliphatic heterocycles. The number of fused-ring (bicyclic) bond motifs is 1. The first-order valence-corrected chi connectivity index (χ1v) is 9.08. The molecule has 0 amide bonds. The fourth-order valence-electron chi connectivity index (χ4n) is 2.44. The maximum Gasteiger partial charge on any atom is 0.374 e. The van der Waals surface area contributed by atoms with Crippen LogP contribution in [0.2, 0.25) is 10.0 Å². The zero-order chi connectivity index (χ0) is 19.2. The highest BCUT2D eigenvalue weighted by Crippen LogP contribution is 2.28. The molecule has 0 fully saturated rings. The summed E-state index contributed by atoms with van der Waals surface area (Å²) >= 11 is 12.1. The van der Waals surface area contributed by atoms with Gasteiger partial charge in [0.2, 0.25) is 5.76 Å². The van der Waals surface area contributed by atoms with Gasteiger partial charge in [-0.2, -0.15) is 0 Å². The van der Waals surface area contributed by atoms with E-state index in [9.17, 15) is 4.79 Å². The highest BCUT2D eigenvalue weighted by molar-refractivity contribution is 6.42. The van der Waals surface area contributed by atoms with E-state index < -0.39 is 5.97 Å². The van der Waals surface area contributed by atoms with Gasteiger partial charge >= 0.3 is 5.97 Å². The number of benzene rings is 2. The first-order valence-electron chi connectivity index (χ1n) is 8.33. The lowest BCUT2D eigenvalue weighted by atomic mass is 10.2. The fraction of sp³-hybridized carbons (Fsp3) is 0.0952. The molecule has 0 saturated heterocycles. The number of H-pyrrole nitrogens is 1. The Balaban J connectivity index is 1.83. The number of esters is 1. The average molecular weight is 402 g/mol. The second kappa shape index (κ2) is 8.80. The molecule has 3 aromatic rings. The lowest BCUT2D eigenvalue weighted by Gasteiger charge is -2.08. The van der Waals surface area contributed by atoms with Gasteiger partial charge in [0.1, 0.15) is 5.75 Å². The topological polar surface area (TPSA) is 51.3 Å². The van der Waals surface area contributed by atoms with Gasteiger partial charge in [-0.3, -0.25) is 0 Å². The lowest BCUT2D eigenvalue weighted by Crippen LogP contribution is -2.12. The summed E-state index contributed by atoms with van der Waals surface area (Å²) in [6, 6.07) is 14.6. The smallest absolute Gasteiger partial charge is 0.374 e. The summed E-state index contributed by atoms with van der Waals surface area (Å²) in [6.45, 7) is 2.01. The van der Waals surface area contributed by atoms with Crippen LogP contribution in [-0.4, -0.2) is 17.6 Å². The van der Waals surface area contributed by atoms with E-state index in [1.165, 1.54) is 0 Å². The Bertz CT molecular complexity index is 968. The normalized spacial score (nSPS) is 11.9. The molecule has 0 aliphatic rings. The van der Waals surface area contributed by atoms with Gasteiger partial charge in [-0.25, -0.2) is 4.79 Å². The van der Waals surface area contributed by atoms with Crippen LogP contribution >= 0.6 is 23.2 Å². The van der Waals surface area contributed by atoms with E-state index >= 15 is 0 Å². The number of hydrogen-bond donors (Lipinski definition) is 1. The highest BCUT2D eigenvalue weighted by atomic mass is 35.5. The second-order valence-corrected chi connectivity index (χ2v) is 6.42. The number of aromatic nitrogens is 1. The van der Waals surface area contributed by atoms with Gasteiger partial charge in [-0.05, 0) is 49.4 Å². The van der Waals surface area contributed by atoms with Gasteiger partial charge in [0.15, 0.2) is 0 Å². The van der Waals surface area contributed by atoms with Gasteiger partial charge in [-0.15, -0.1) is 0 Å². The molecule has 0 radical (unpaired) electrons. The number of halogens is 2. The molecule has 4 nitrogen and oxygen atoms in total. The SMILES string of the molecule is CCOC(=O)C(=CC=Cc1cc2cc(Cl)c(Cl)cc2[nH]1)Oc1ccccc1. The Kier molecular flexibility index (Phi) is 6.22. The molecule has 0 unspecified atom stereocenters. The number of para-hydroxylation sites is 1. The van der Waals surface area contributed by atoms with Crippen molar-refractivity contribution in [1.82, 2.24) is 4.98 Å². The molecular weight excluding hydrogens is 385 g/mol. The van der Waals surface area contributed by atoms with Crippen molar-refractivity contribution in [1.29, 1.82) is 0 Å². The number of aromatic amines is 1. The molecule has 0 bridgehead atoms. The van der Waals surface area contributed by atoms with Gasteiger partial charge in [-0.1, -0.05) is 47.5 Å². The van der Waals surface area contributed by atoms with Crippen LogP contribution in [0, 0.1) is 0 Å². The first kappa shape index (κ1) is 19.1. The van der Waals surface area contributed by atoms with Crippen LogP contribution in [0.1, 0.15) is 12.6 Å². The third kappa shape index (κ3) is 4.94. The van der Waals surface area contributed by atoms with Crippen molar-refractivity contribution < 1.29 is 14.3 Å². The summed E-state index contributed by atoms with van der Waals surface area (Å²) in [6.07, 6.45) is 5.09. The van der Waals surface area contributed by atoms with E-state index in [1.54, 1.807) is 43.3 Å². The molecule has 1 heterocycles. The minimum atomic E-state index is -0.527. The number of ether oxygens (including phenoxy) is 2. The quantitative estimate of drug-likeness (QED) is 0.238. The predicted molar refractivity (Wildman–Crippen MR) is 109 cm³/mol. The fourth-order valence-corrected chi connectivity index (χ4v) is 2.78. The van der Waals surface area contributed by atoms with Gasteiger partial charge in [0, 0.05) is 16.6 Å². The Morgan fingerprint density at radius 2 is 1.85 bits per heavy atom. The maximum atomic E-state index is 12.1. The summed E-state index contributed by atoms with van der Waals surface area (Å²) in [5, 5.41) is 1.93. The van der Waals surface area contributed by atoms with Crippen molar-refractivity contribution in [2.45, 2.75) is 6.92 Å². The molecule has 0 atom stereocenters. The van der Waals surface area contributed by atoms with Crippen LogP contribution < -0.4 is 4.74 Å². The van der Waals surface area contributed by atoms with E-state index in [-0.39, 0.29) is 12.4 Å². The molecular formula is C21H17Cl2NO3. The van der Waals surface area contributed by atoms with Crippen LogP contribution in [0.25, 0.3) is 17.0 Å². The summed E-state index contributed by atoms with van der Waals surface area (Å²) in [5.74, 6) is 0.128. The Morgan fingerprint density at radius 3 is 2.59 bits per heavy atom. The standard InChI is InChI=1S/C21H17Cl2NO3/c1-2-26-21(25)20(27-16-8-4-3-5-9-16)10-6-7-15-11-14-12-17(22)18(23)13-19(14)24-15/h3-13,24H,2H2,1H3. The molecule has 1 aromatic heterocycles.